The van der Waals surface area contributed by atoms with Crippen LogP contribution in [0.4, 0.5) is 4.79 Å². The summed E-state index contributed by atoms with van der Waals surface area (Å²) in [5.74, 6) is -0.164. The summed E-state index contributed by atoms with van der Waals surface area (Å²) in [6.45, 7) is 8.98. The van der Waals surface area contributed by atoms with Crippen LogP contribution in [0.3, 0.4) is 0 Å². The van der Waals surface area contributed by atoms with Crippen LogP contribution in [-0.2, 0) is 14.3 Å². The minimum atomic E-state index is -0.467. The molecule has 0 N–H and O–H groups in total. The van der Waals surface area contributed by atoms with Crippen LogP contribution in [0.5, 0.6) is 0 Å². The fourth-order valence-electron chi connectivity index (χ4n) is 1.93. The van der Waals surface area contributed by atoms with Crippen molar-refractivity contribution in [2.45, 2.75) is 52.6 Å². The lowest BCUT2D eigenvalue weighted by Crippen LogP contribution is -2.39. The summed E-state index contributed by atoms with van der Waals surface area (Å²) >= 11 is 0. The van der Waals surface area contributed by atoms with Gasteiger partial charge in [0.2, 0.25) is 0 Å². The van der Waals surface area contributed by atoms with Gasteiger partial charge in [-0.3, -0.25) is 4.79 Å². The zero-order chi connectivity index (χ0) is 15.2. The van der Waals surface area contributed by atoms with E-state index in [0.717, 1.165) is 6.42 Å². The lowest BCUT2D eigenvalue weighted by Gasteiger charge is -2.29. The van der Waals surface area contributed by atoms with E-state index in [4.69, 9.17) is 9.47 Å². The van der Waals surface area contributed by atoms with Gasteiger partial charge < -0.3 is 14.4 Å². The summed E-state index contributed by atoms with van der Waals surface area (Å²) in [6, 6.07) is 0. The zero-order valence-electron chi connectivity index (χ0n) is 12.9. The summed E-state index contributed by atoms with van der Waals surface area (Å²) in [5.41, 5.74) is 0.739. The molecule has 0 aromatic carbocycles. The molecule has 0 radical (unpaired) electrons. The zero-order valence-corrected chi connectivity index (χ0v) is 12.9. The molecule has 0 aromatic heterocycles. The molecule has 1 aliphatic heterocycles. The number of ether oxygens (including phenoxy) is 2. The Morgan fingerprint density at radius 2 is 2.05 bits per heavy atom. The molecule has 0 fully saturated rings. The Bertz CT molecular complexity index is 382. The second-order valence-electron chi connectivity index (χ2n) is 5.84. The van der Waals surface area contributed by atoms with E-state index in [1.54, 1.807) is 11.8 Å². The number of amides is 1. The van der Waals surface area contributed by atoms with E-state index in [9.17, 15) is 9.59 Å². The van der Waals surface area contributed by atoms with Crippen LogP contribution in [0.15, 0.2) is 11.6 Å². The highest BCUT2D eigenvalue weighted by Crippen LogP contribution is 2.18. The van der Waals surface area contributed by atoms with Crippen molar-refractivity contribution in [2.24, 2.45) is 0 Å². The molecule has 0 saturated carbocycles. The molecular weight excluding hydrogens is 258 g/mol. The lowest BCUT2D eigenvalue weighted by atomic mass is 10.0. The van der Waals surface area contributed by atoms with Crippen LogP contribution in [0.2, 0.25) is 0 Å². The molecule has 0 spiro atoms. The minimum Gasteiger partial charge on any atom is -0.466 e. The Labute approximate surface area is 120 Å². The normalized spacial score (nSPS) is 15.6. The fraction of sp³-hybridized carbons (Fsp3) is 0.733. The number of rotatable bonds is 4. The van der Waals surface area contributed by atoms with E-state index >= 15 is 0 Å². The van der Waals surface area contributed by atoms with Gasteiger partial charge >= 0.3 is 12.1 Å². The van der Waals surface area contributed by atoms with E-state index < -0.39 is 5.60 Å². The van der Waals surface area contributed by atoms with Gasteiger partial charge in [0.05, 0.1) is 6.61 Å². The molecule has 5 heteroatoms. The third-order valence-corrected chi connectivity index (χ3v) is 2.91. The fourth-order valence-corrected chi connectivity index (χ4v) is 1.93. The largest absolute Gasteiger partial charge is 0.466 e. The summed E-state index contributed by atoms with van der Waals surface area (Å²) in [4.78, 5) is 24.8. The average molecular weight is 283 g/mol. The Morgan fingerprint density at radius 3 is 2.55 bits per heavy atom. The predicted molar refractivity (Wildman–Crippen MR) is 76.4 cm³/mol. The summed E-state index contributed by atoms with van der Waals surface area (Å²) < 4.78 is 10.2. The van der Waals surface area contributed by atoms with Crippen molar-refractivity contribution in [2.75, 3.05) is 19.7 Å². The third-order valence-electron chi connectivity index (χ3n) is 2.91. The number of esters is 1. The molecule has 114 valence electrons. The first-order chi connectivity index (χ1) is 9.31. The Kier molecular flexibility index (Phi) is 6.05. The van der Waals surface area contributed by atoms with E-state index in [1.165, 1.54) is 5.57 Å². The average Bonchev–Trinajstić information content (AvgIpc) is 2.35. The molecule has 0 unspecified atom stereocenters. The number of nitrogens with zero attached hydrogens (tertiary/aromatic N) is 1. The van der Waals surface area contributed by atoms with Gasteiger partial charge in [0.1, 0.15) is 5.60 Å². The van der Waals surface area contributed by atoms with E-state index in [0.29, 0.717) is 32.5 Å². The number of carbonyl (C=O) groups is 2. The molecular formula is C15H25NO4. The molecule has 0 atom stereocenters. The smallest absolute Gasteiger partial charge is 0.410 e. The molecule has 1 aliphatic rings. The van der Waals surface area contributed by atoms with Crippen molar-refractivity contribution >= 4 is 12.1 Å². The predicted octanol–water partition coefficient (Wildman–Crippen LogP) is 2.90. The first-order valence-corrected chi connectivity index (χ1v) is 7.13. The minimum absolute atomic E-state index is 0.164. The van der Waals surface area contributed by atoms with Crippen LogP contribution >= 0.6 is 0 Å². The van der Waals surface area contributed by atoms with Crippen molar-refractivity contribution < 1.29 is 19.1 Å². The van der Waals surface area contributed by atoms with Crippen molar-refractivity contribution in [3.8, 4) is 0 Å². The Hall–Kier alpha value is -1.52. The van der Waals surface area contributed by atoms with Crippen molar-refractivity contribution in [1.82, 2.24) is 4.90 Å². The van der Waals surface area contributed by atoms with Crippen LogP contribution in [-0.4, -0.2) is 42.3 Å². The molecule has 0 aliphatic carbocycles. The molecule has 0 saturated heterocycles. The standard InChI is InChI=1S/C15H25NO4/c1-5-19-13(17)7-6-12-8-10-16(11-9-12)14(18)20-15(2,3)4/h8H,5-7,9-11H2,1-4H3. The van der Waals surface area contributed by atoms with Gasteiger partial charge in [-0.1, -0.05) is 11.6 Å². The third kappa shape index (κ3) is 6.08. The van der Waals surface area contributed by atoms with Crippen LogP contribution in [0.25, 0.3) is 0 Å². The van der Waals surface area contributed by atoms with Crippen molar-refractivity contribution in [3.63, 3.8) is 0 Å². The second kappa shape index (κ2) is 7.31. The monoisotopic (exact) mass is 283 g/mol. The quantitative estimate of drug-likeness (QED) is 0.588. The number of hydrogen-bond acceptors (Lipinski definition) is 4. The van der Waals surface area contributed by atoms with Gasteiger partial charge in [-0.2, -0.15) is 0 Å². The molecule has 1 amide bonds. The van der Waals surface area contributed by atoms with Crippen LogP contribution in [0, 0.1) is 0 Å². The Balaban J connectivity index is 2.37. The summed E-state index contributed by atoms with van der Waals surface area (Å²) in [5, 5.41) is 0. The first kappa shape index (κ1) is 16.5. The maximum absolute atomic E-state index is 11.9. The maximum atomic E-state index is 11.9. The van der Waals surface area contributed by atoms with Gasteiger partial charge in [-0.25, -0.2) is 4.79 Å². The van der Waals surface area contributed by atoms with Gasteiger partial charge in [0, 0.05) is 19.5 Å². The summed E-state index contributed by atoms with van der Waals surface area (Å²) in [6.07, 6.45) is 3.64. The van der Waals surface area contributed by atoms with E-state index in [1.807, 2.05) is 26.8 Å². The van der Waals surface area contributed by atoms with Gasteiger partial charge in [-0.15, -0.1) is 0 Å². The number of hydrogen-bond donors (Lipinski definition) is 0. The second-order valence-corrected chi connectivity index (χ2v) is 5.84. The first-order valence-electron chi connectivity index (χ1n) is 7.13. The summed E-state index contributed by atoms with van der Waals surface area (Å²) in [7, 11) is 0. The molecule has 0 aromatic rings. The molecule has 1 heterocycles. The highest BCUT2D eigenvalue weighted by Gasteiger charge is 2.23. The van der Waals surface area contributed by atoms with Crippen LogP contribution in [0.1, 0.15) is 47.0 Å². The van der Waals surface area contributed by atoms with Crippen LogP contribution < -0.4 is 0 Å². The van der Waals surface area contributed by atoms with Gasteiger partial charge in [0.25, 0.3) is 0 Å². The Morgan fingerprint density at radius 1 is 1.35 bits per heavy atom. The molecule has 20 heavy (non-hydrogen) atoms. The van der Waals surface area contributed by atoms with Crippen molar-refractivity contribution in [3.05, 3.63) is 11.6 Å². The highest BCUT2D eigenvalue weighted by atomic mass is 16.6. The van der Waals surface area contributed by atoms with Crippen molar-refractivity contribution in [1.29, 1.82) is 0 Å². The lowest BCUT2D eigenvalue weighted by molar-refractivity contribution is -0.143. The van der Waals surface area contributed by atoms with E-state index in [-0.39, 0.29) is 12.1 Å². The molecule has 1 rings (SSSR count). The van der Waals surface area contributed by atoms with E-state index in [2.05, 4.69) is 0 Å². The topological polar surface area (TPSA) is 55.8 Å². The highest BCUT2D eigenvalue weighted by molar-refractivity contribution is 5.70. The molecule has 0 bridgehead atoms. The van der Waals surface area contributed by atoms with Gasteiger partial charge in [0.15, 0.2) is 0 Å². The maximum Gasteiger partial charge on any atom is 0.410 e. The van der Waals surface area contributed by atoms with Gasteiger partial charge in [-0.05, 0) is 40.5 Å². The number of carbonyl (C=O) groups excluding carboxylic acids is 2. The SMILES string of the molecule is CCOC(=O)CCC1=CCN(C(=O)OC(C)(C)C)CC1. The molecule has 5 nitrogen and oxygen atoms in total.